The normalized spacial score (nSPS) is 10.7. The second-order valence-electron chi connectivity index (χ2n) is 8.72. The average Bonchev–Trinajstić information content (AvgIpc) is 2.87. The third-order valence-electron chi connectivity index (χ3n) is 5.80. The van der Waals surface area contributed by atoms with Crippen molar-refractivity contribution in [3.8, 4) is 23.0 Å². The molecule has 206 valence electrons. The number of carbonyl (C=O) groups is 2. The molecule has 4 aromatic carbocycles. The van der Waals surface area contributed by atoms with Crippen LogP contribution >= 0.6 is 58.0 Å². The Bertz CT molecular complexity index is 1620. The van der Waals surface area contributed by atoms with Crippen LogP contribution in [0.3, 0.4) is 0 Å². The molecular formula is C29H21Cl5N2O4. The summed E-state index contributed by atoms with van der Waals surface area (Å²) in [4.78, 5) is 25.1. The van der Waals surface area contributed by atoms with Gasteiger partial charge in [-0.3, -0.25) is 10.1 Å². The number of nitrogens with one attached hydrogen (secondary N) is 2. The first-order valence-corrected chi connectivity index (χ1v) is 13.6. The summed E-state index contributed by atoms with van der Waals surface area (Å²) in [5.41, 5.74) is 2.37. The van der Waals surface area contributed by atoms with Crippen LogP contribution in [-0.2, 0) is 0 Å². The summed E-state index contributed by atoms with van der Waals surface area (Å²) in [7, 11) is 0. The van der Waals surface area contributed by atoms with E-state index >= 15 is 0 Å². The number of hydrogen-bond acceptors (Lipinski definition) is 4. The lowest BCUT2D eigenvalue weighted by molar-refractivity contribution is 0.0967. The van der Waals surface area contributed by atoms with Gasteiger partial charge in [-0.15, -0.1) is 0 Å². The molecule has 3 amide bonds. The van der Waals surface area contributed by atoms with Gasteiger partial charge < -0.3 is 14.8 Å². The van der Waals surface area contributed by atoms with E-state index in [0.717, 1.165) is 5.56 Å². The predicted octanol–water partition coefficient (Wildman–Crippen LogP) is 10.4. The third kappa shape index (κ3) is 6.77. The lowest BCUT2D eigenvalue weighted by Gasteiger charge is -2.18. The van der Waals surface area contributed by atoms with E-state index in [1.54, 1.807) is 62.4 Å². The summed E-state index contributed by atoms with van der Waals surface area (Å²) in [5, 5.41) is 6.31. The summed E-state index contributed by atoms with van der Waals surface area (Å²) >= 11 is 30.9. The van der Waals surface area contributed by atoms with Gasteiger partial charge in [0.2, 0.25) is 0 Å². The van der Waals surface area contributed by atoms with Crippen LogP contribution in [0.1, 0.15) is 27.0 Å². The molecule has 0 aliphatic heterocycles. The first-order chi connectivity index (χ1) is 18.9. The molecule has 6 nitrogen and oxygen atoms in total. The average molecular weight is 639 g/mol. The highest BCUT2D eigenvalue weighted by Gasteiger charge is 2.20. The summed E-state index contributed by atoms with van der Waals surface area (Å²) in [6.07, 6.45) is 0. The van der Waals surface area contributed by atoms with Crippen molar-refractivity contribution in [3.05, 3.63) is 108 Å². The summed E-state index contributed by atoms with van der Waals surface area (Å²) in [5.74, 6) is 1.26. The Kier molecular flexibility index (Phi) is 9.39. The molecule has 0 aromatic heterocycles. The molecule has 11 heteroatoms. The van der Waals surface area contributed by atoms with Gasteiger partial charge in [0.1, 0.15) is 23.0 Å². The van der Waals surface area contributed by atoms with Gasteiger partial charge in [0.25, 0.3) is 5.91 Å². The number of amides is 3. The molecule has 4 rings (SSSR count). The van der Waals surface area contributed by atoms with Crippen molar-refractivity contribution < 1.29 is 19.1 Å². The van der Waals surface area contributed by atoms with Crippen LogP contribution in [0.4, 0.5) is 10.5 Å². The number of benzene rings is 4. The van der Waals surface area contributed by atoms with Crippen molar-refractivity contribution in [2.24, 2.45) is 0 Å². The Morgan fingerprint density at radius 2 is 1.40 bits per heavy atom. The number of halogens is 5. The molecule has 0 atom stereocenters. The van der Waals surface area contributed by atoms with Crippen molar-refractivity contribution in [1.82, 2.24) is 5.32 Å². The molecular weight excluding hydrogens is 618 g/mol. The van der Waals surface area contributed by atoms with Crippen LogP contribution < -0.4 is 20.1 Å². The van der Waals surface area contributed by atoms with Gasteiger partial charge in [0.05, 0.1) is 25.7 Å². The maximum atomic E-state index is 12.6. The lowest BCUT2D eigenvalue weighted by Crippen LogP contribution is -2.34. The van der Waals surface area contributed by atoms with Gasteiger partial charge in [0, 0.05) is 10.7 Å². The van der Waals surface area contributed by atoms with Crippen LogP contribution in [0, 0.1) is 20.8 Å². The van der Waals surface area contributed by atoms with E-state index in [2.05, 4.69) is 10.6 Å². The molecule has 0 fully saturated rings. The molecule has 0 unspecified atom stereocenters. The van der Waals surface area contributed by atoms with Crippen molar-refractivity contribution in [1.29, 1.82) is 0 Å². The van der Waals surface area contributed by atoms with Crippen LogP contribution in [0.25, 0.3) is 0 Å². The molecule has 40 heavy (non-hydrogen) atoms. The van der Waals surface area contributed by atoms with E-state index in [-0.39, 0.29) is 15.6 Å². The van der Waals surface area contributed by atoms with Crippen LogP contribution in [0.5, 0.6) is 23.0 Å². The van der Waals surface area contributed by atoms with E-state index in [1.165, 1.54) is 12.1 Å². The van der Waals surface area contributed by atoms with E-state index in [9.17, 15) is 9.59 Å². The van der Waals surface area contributed by atoms with Crippen molar-refractivity contribution in [2.75, 3.05) is 5.32 Å². The summed E-state index contributed by atoms with van der Waals surface area (Å²) in [6, 6.07) is 15.8. The van der Waals surface area contributed by atoms with Crippen LogP contribution in [-0.4, -0.2) is 11.9 Å². The van der Waals surface area contributed by atoms with Crippen LogP contribution in [0.2, 0.25) is 25.1 Å². The Morgan fingerprint density at radius 1 is 0.725 bits per heavy atom. The molecule has 2 N–H and O–H groups in total. The predicted molar refractivity (Wildman–Crippen MR) is 162 cm³/mol. The Labute approximate surface area is 256 Å². The number of anilines is 1. The van der Waals surface area contributed by atoms with Gasteiger partial charge in [-0.1, -0.05) is 64.1 Å². The maximum absolute atomic E-state index is 12.6. The topological polar surface area (TPSA) is 76.7 Å². The number of carbonyl (C=O) groups excluding carboxylic acids is 2. The Hall–Kier alpha value is -3.13. The zero-order valence-electron chi connectivity index (χ0n) is 21.3. The number of rotatable bonds is 6. The number of ether oxygens (including phenoxy) is 2. The molecule has 0 aliphatic rings. The minimum absolute atomic E-state index is 0.00119. The first kappa shape index (κ1) is 29.8. The molecule has 0 aliphatic carbocycles. The second kappa shape index (κ2) is 12.6. The molecule has 0 spiro atoms. The highest BCUT2D eigenvalue weighted by molar-refractivity contribution is 6.40. The molecule has 4 aromatic rings. The van der Waals surface area contributed by atoms with Gasteiger partial charge in [-0.2, -0.15) is 0 Å². The van der Waals surface area contributed by atoms with Gasteiger partial charge >= 0.3 is 6.03 Å². The van der Waals surface area contributed by atoms with E-state index < -0.39 is 11.9 Å². The van der Waals surface area contributed by atoms with E-state index in [0.29, 0.717) is 54.9 Å². The Morgan fingerprint density at radius 3 is 2.05 bits per heavy atom. The first-order valence-electron chi connectivity index (χ1n) is 11.7. The molecule has 0 saturated heterocycles. The van der Waals surface area contributed by atoms with Gasteiger partial charge in [-0.05, 0) is 92.1 Å². The third-order valence-corrected chi connectivity index (χ3v) is 7.41. The standard InChI is InChI=1S/C29H21Cl5N2O4/c1-14-11-18(39-24-9-7-17(30)13-21(24)33)8-10-23(14)40-27-15(2)12-22(16(3)26(27)34)35-29(38)36-28(37)25-19(31)5-4-6-20(25)32/h4-13H,1-3H3,(H2,35,36,37,38). The smallest absolute Gasteiger partial charge is 0.326 e. The minimum Gasteiger partial charge on any atom is -0.456 e. The van der Waals surface area contributed by atoms with E-state index in [4.69, 9.17) is 67.5 Å². The number of aryl methyl sites for hydroxylation is 2. The zero-order valence-corrected chi connectivity index (χ0v) is 25.1. The monoisotopic (exact) mass is 636 g/mol. The lowest BCUT2D eigenvalue weighted by atomic mass is 10.1. The molecule has 0 heterocycles. The van der Waals surface area contributed by atoms with Crippen LogP contribution in [0.15, 0.2) is 60.7 Å². The molecule has 0 radical (unpaired) electrons. The zero-order chi connectivity index (χ0) is 29.1. The van der Waals surface area contributed by atoms with E-state index in [1.807, 2.05) is 6.92 Å². The van der Waals surface area contributed by atoms with Crippen molar-refractivity contribution in [2.45, 2.75) is 20.8 Å². The SMILES string of the molecule is Cc1cc(Oc2ccc(Cl)cc2Cl)ccc1Oc1c(C)cc(NC(=O)NC(=O)c2c(Cl)cccc2Cl)c(C)c1Cl. The largest absolute Gasteiger partial charge is 0.456 e. The Balaban J connectivity index is 1.49. The molecule has 0 saturated carbocycles. The number of hydrogen-bond donors (Lipinski definition) is 2. The summed E-state index contributed by atoms with van der Waals surface area (Å²) < 4.78 is 12.0. The fourth-order valence-corrected chi connectivity index (χ4v) is 5.04. The molecule has 0 bridgehead atoms. The van der Waals surface area contributed by atoms with Crippen molar-refractivity contribution in [3.63, 3.8) is 0 Å². The second-order valence-corrected chi connectivity index (χ2v) is 10.8. The number of urea groups is 1. The quantitative estimate of drug-likeness (QED) is 0.220. The maximum Gasteiger partial charge on any atom is 0.326 e. The van der Waals surface area contributed by atoms with Gasteiger partial charge in [-0.25, -0.2) is 4.79 Å². The highest BCUT2D eigenvalue weighted by atomic mass is 35.5. The number of imide groups is 1. The summed E-state index contributed by atoms with van der Waals surface area (Å²) in [6.45, 7) is 5.37. The fraction of sp³-hybridized carbons (Fsp3) is 0.103. The highest BCUT2D eigenvalue weighted by Crippen LogP contribution is 2.41. The fourth-order valence-electron chi connectivity index (χ4n) is 3.74. The van der Waals surface area contributed by atoms with Gasteiger partial charge in [0.15, 0.2) is 0 Å². The van der Waals surface area contributed by atoms with Crippen molar-refractivity contribution >= 4 is 75.6 Å². The minimum atomic E-state index is -0.777.